The lowest BCUT2D eigenvalue weighted by Gasteiger charge is -2.35. The number of rotatable bonds is 5. The Morgan fingerprint density at radius 2 is 2.00 bits per heavy atom. The molecule has 0 atom stereocenters. The van der Waals surface area contributed by atoms with E-state index in [1.165, 1.54) is 0 Å². The smallest absolute Gasteiger partial charge is 0.488 e. The first-order valence-corrected chi connectivity index (χ1v) is 7.43. The lowest BCUT2D eigenvalue weighted by molar-refractivity contribution is 0.139. The molecular weight excluding hydrogens is 267 g/mol. The minimum absolute atomic E-state index is 0.538. The van der Waals surface area contributed by atoms with E-state index in [1.54, 1.807) is 19.2 Å². The Labute approximate surface area is 127 Å². The van der Waals surface area contributed by atoms with E-state index >= 15 is 0 Å². The molecule has 1 aliphatic rings. The molecule has 0 aromatic heterocycles. The molecule has 0 bridgehead atoms. The third-order valence-electron chi connectivity index (χ3n) is 4.36. The van der Waals surface area contributed by atoms with Crippen molar-refractivity contribution in [1.29, 1.82) is 0 Å². The third-order valence-corrected chi connectivity index (χ3v) is 4.36. The van der Waals surface area contributed by atoms with Crippen molar-refractivity contribution < 1.29 is 14.8 Å². The van der Waals surface area contributed by atoms with E-state index in [-0.39, 0.29) is 0 Å². The molecule has 0 aliphatic carbocycles. The largest absolute Gasteiger partial charge is 0.497 e. The number of methoxy groups -OCH3 is 1. The summed E-state index contributed by atoms with van der Waals surface area (Å²) in [7, 11) is 4.42. The van der Waals surface area contributed by atoms with Gasteiger partial charge in [0.05, 0.1) is 7.11 Å². The van der Waals surface area contributed by atoms with Gasteiger partial charge in [0.2, 0.25) is 0 Å². The Bertz CT molecular complexity index is 462. The van der Waals surface area contributed by atoms with Crippen molar-refractivity contribution in [2.24, 2.45) is 0 Å². The van der Waals surface area contributed by atoms with Gasteiger partial charge in [-0.3, -0.25) is 4.90 Å². The van der Waals surface area contributed by atoms with Crippen LogP contribution in [0.25, 0.3) is 0 Å². The van der Waals surface area contributed by atoms with Crippen LogP contribution in [0.1, 0.15) is 18.4 Å². The molecule has 1 fully saturated rings. The van der Waals surface area contributed by atoms with Crippen molar-refractivity contribution in [3.63, 3.8) is 0 Å². The van der Waals surface area contributed by atoms with Crippen molar-refractivity contribution in [3.05, 3.63) is 23.8 Å². The summed E-state index contributed by atoms with van der Waals surface area (Å²) in [6, 6.07) is 5.91. The number of nitrogens with zero attached hydrogens (tertiary/aromatic N) is 2. The summed E-state index contributed by atoms with van der Waals surface area (Å²) in [6.07, 6.45) is 2.29. The number of piperidine rings is 1. The Balaban J connectivity index is 2.10. The standard InChI is InChI=1S/C15H25BN2O3/c1-17-8-6-13(7-9-17)18(2)11-12-10-14(21-3)4-5-15(12)16(19)20/h4-5,10,13,19-20H,6-9,11H2,1-3H3. The zero-order valence-electron chi connectivity index (χ0n) is 13.1. The van der Waals surface area contributed by atoms with Gasteiger partial charge in [0, 0.05) is 12.6 Å². The molecule has 1 aromatic carbocycles. The van der Waals surface area contributed by atoms with Crippen molar-refractivity contribution in [3.8, 4) is 5.75 Å². The molecule has 0 amide bonds. The maximum atomic E-state index is 9.52. The average Bonchev–Trinajstić information content (AvgIpc) is 2.47. The van der Waals surface area contributed by atoms with E-state index in [0.717, 1.165) is 37.2 Å². The molecule has 2 rings (SSSR count). The predicted molar refractivity (Wildman–Crippen MR) is 84.8 cm³/mol. The van der Waals surface area contributed by atoms with E-state index in [0.29, 0.717) is 18.0 Å². The topological polar surface area (TPSA) is 56.2 Å². The molecule has 1 saturated heterocycles. The van der Waals surface area contributed by atoms with E-state index < -0.39 is 7.12 Å². The minimum Gasteiger partial charge on any atom is -0.497 e. The molecular formula is C15H25BN2O3. The van der Waals surface area contributed by atoms with Crippen LogP contribution in [0, 0.1) is 0 Å². The Morgan fingerprint density at radius 1 is 1.33 bits per heavy atom. The van der Waals surface area contributed by atoms with Gasteiger partial charge in [0.25, 0.3) is 0 Å². The lowest BCUT2D eigenvalue weighted by Crippen LogP contribution is -2.43. The number of likely N-dealkylation sites (tertiary alicyclic amines) is 1. The summed E-state index contributed by atoms with van der Waals surface area (Å²) < 4.78 is 5.24. The summed E-state index contributed by atoms with van der Waals surface area (Å²) in [5.74, 6) is 0.742. The van der Waals surface area contributed by atoms with Gasteiger partial charge in [-0.2, -0.15) is 0 Å². The molecule has 1 aliphatic heterocycles. The summed E-state index contributed by atoms with van der Waals surface area (Å²) >= 11 is 0. The van der Waals surface area contributed by atoms with Gasteiger partial charge in [-0.05, 0) is 63.2 Å². The van der Waals surface area contributed by atoms with Gasteiger partial charge in [-0.15, -0.1) is 0 Å². The Morgan fingerprint density at radius 3 is 2.57 bits per heavy atom. The number of benzene rings is 1. The van der Waals surface area contributed by atoms with Crippen molar-refractivity contribution in [2.75, 3.05) is 34.3 Å². The third kappa shape index (κ3) is 4.20. The van der Waals surface area contributed by atoms with Crippen LogP contribution in [0.15, 0.2) is 18.2 Å². The fourth-order valence-corrected chi connectivity index (χ4v) is 2.93. The summed E-state index contributed by atoms with van der Waals surface area (Å²) in [6.45, 7) is 2.92. The minimum atomic E-state index is -1.45. The molecule has 0 radical (unpaired) electrons. The monoisotopic (exact) mass is 292 g/mol. The predicted octanol–water partition coefficient (Wildman–Crippen LogP) is -0.0990. The van der Waals surface area contributed by atoms with Crippen LogP contribution in [0.5, 0.6) is 5.75 Å². The van der Waals surface area contributed by atoms with E-state index in [9.17, 15) is 10.0 Å². The zero-order valence-corrected chi connectivity index (χ0v) is 13.1. The fraction of sp³-hybridized carbons (Fsp3) is 0.600. The highest BCUT2D eigenvalue weighted by Gasteiger charge is 2.23. The first-order chi connectivity index (χ1) is 10.0. The highest BCUT2D eigenvalue weighted by molar-refractivity contribution is 6.59. The molecule has 1 aromatic rings. The molecule has 21 heavy (non-hydrogen) atoms. The Kier molecular flexibility index (Phi) is 5.64. The van der Waals surface area contributed by atoms with Crippen molar-refractivity contribution in [2.45, 2.75) is 25.4 Å². The first-order valence-electron chi connectivity index (χ1n) is 7.43. The average molecular weight is 292 g/mol. The number of hydrogen-bond acceptors (Lipinski definition) is 5. The molecule has 5 nitrogen and oxygen atoms in total. The Hall–Kier alpha value is -1.08. The highest BCUT2D eigenvalue weighted by Crippen LogP contribution is 2.18. The van der Waals surface area contributed by atoms with Crippen molar-refractivity contribution in [1.82, 2.24) is 9.80 Å². The van der Waals surface area contributed by atoms with Crippen LogP contribution in [0.4, 0.5) is 0 Å². The molecule has 0 spiro atoms. The molecule has 0 unspecified atom stereocenters. The molecule has 0 saturated carbocycles. The molecule has 1 heterocycles. The normalized spacial score (nSPS) is 17.2. The SMILES string of the molecule is COc1ccc(B(O)O)c(CN(C)C2CCN(C)CC2)c1. The van der Waals surface area contributed by atoms with Crippen LogP contribution in [0.3, 0.4) is 0 Å². The van der Waals surface area contributed by atoms with Crippen molar-refractivity contribution >= 4 is 12.6 Å². The highest BCUT2D eigenvalue weighted by atomic mass is 16.5. The van der Waals surface area contributed by atoms with E-state index in [1.807, 2.05) is 6.07 Å². The van der Waals surface area contributed by atoms with Crippen LogP contribution >= 0.6 is 0 Å². The molecule has 6 heteroatoms. The van der Waals surface area contributed by atoms with Crippen LogP contribution in [-0.4, -0.2) is 67.3 Å². The second-order valence-electron chi connectivity index (χ2n) is 5.89. The van der Waals surface area contributed by atoms with Crippen LogP contribution in [0.2, 0.25) is 0 Å². The van der Waals surface area contributed by atoms with E-state index in [4.69, 9.17) is 4.74 Å². The van der Waals surface area contributed by atoms with Gasteiger partial charge in [0.1, 0.15) is 5.75 Å². The molecule has 116 valence electrons. The lowest BCUT2D eigenvalue weighted by atomic mass is 9.76. The quantitative estimate of drug-likeness (QED) is 0.742. The van der Waals surface area contributed by atoms with Gasteiger partial charge in [-0.1, -0.05) is 6.07 Å². The van der Waals surface area contributed by atoms with Gasteiger partial charge < -0.3 is 19.7 Å². The number of ether oxygens (including phenoxy) is 1. The molecule has 2 N–H and O–H groups in total. The summed E-state index contributed by atoms with van der Waals surface area (Å²) in [5.41, 5.74) is 1.46. The van der Waals surface area contributed by atoms with E-state index in [2.05, 4.69) is 23.9 Å². The maximum absolute atomic E-state index is 9.52. The van der Waals surface area contributed by atoms with Crippen LogP contribution < -0.4 is 10.2 Å². The fourth-order valence-electron chi connectivity index (χ4n) is 2.93. The zero-order chi connectivity index (χ0) is 15.4. The first kappa shape index (κ1) is 16.3. The second kappa shape index (κ2) is 7.27. The van der Waals surface area contributed by atoms with Gasteiger partial charge >= 0.3 is 7.12 Å². The van der Waals surface area contributed by atoms with Gasteiger partial charge in [0.15, 0.2) is 0 Å². The number of hydrogen-bond donors (Lipinski definition) is 2. The summed E-state index contributed by atoms with van der Waals surface area (Å²) in [4.78, 5) is 4.65. The summed E-state index contributed by atoms with van der Waals surface area (Å²) in [5, 5.41) is 19.0. The van der Waals surface area contributed by atoms with Gasteiger partial charge in [-0.25, -0.2) is 0 Å². The van der Waals surface area contributed by atoms with Crippen LogP contribution in [-0.2, 0) is 6.54 Å². The maximum Gasteiger partial charge on any atom is 0.488 e. The second-order valence-corrected chi connectivity index (χ2v) is 5.89.